The highest BCUT2D eigenvalue weighted by Crippen LogP contribution is 2.28. The number of carbonyl (C=O) groups is 1. The first kappa shape index (κ1) is 21.6. The molecule has 2 heterocycles. The smallest absolute Gasteiger partial charge is 0.230 e. The van der Waals surface area contributed by atoms with E-state index in [1.807, 2.05) is 29.6 Å². The molecule has 0 fully saturated rings. The van der Waals surface area contributed by atoms with Gasteiger partial charge in [-0.1, -0.05) is 74.3 Å². The fraction of sp³-hybridized carbons (Fsp3) is 0.409. The highest BCUT2D eigenvalue weighted by molar-refractivity contribution is 7.99. The second-order valence-corrected chi connectivity index (χ2v) is 9.00. The maximum absolute atomic E-state index is 12.4. The Morgan fingerprint density at radius 3 is 2.72 bits per heavy atom. The Kier molecular flexibility index (Phi) is 8.31. The van der Waals surface area contributed by atoms with Gasteiger partial charge < -0.3 is 5.32 Å². The van der Waals surface area contributed by atoms with Crippen molar-refractivity contribution in [3.8, 4) is 10.7 Å². The summed E-state index contributed by atoms with van der Waals surface area (Å²) < 4.78 is 2.10. The molecule has 1 aromatic carbocycles. The summed E-state index contributed by atoms with van der Waals surface area (Å²) in [5.74, 6) is 1.24. The molecule has 1 amide bonds. The van der Waals surface area contributed by atoms with Crippen molar-refractivity contribution >= 4 is 29.0 Å². The summed E-state index contributed by atoms with van der Waals surface area (Å²) >= 11 is 3.09. The third-order valence-corrected chi connectivity index (χ3v) is 6.45. The van der Waals surface area contributed by atoms with Crippen LogP contribution in [0.3, 0.4) is 0 Å². The SMILES string of the molecule is CCCCCC(C)NC(=O)CSc1nnc(-c2cccs2)n1Cc1ccccc1. The predicted octanol–water partition coefficient (Wildman–Crippen LogP) is 5.23. The Balaban J connectivity index is 1.66. The first-order valence-electron chi connectivity index (χ1n) is 10.1. The molecule has 1 N–H and O–H groups in total. The van der Waals surface area contributed by atoms with E-state index in [-0.39, 0.29) is 11.9 Å². The van der Waals surface area contributed by atoms with Crippen LogP contribution >= 0.6 is 23.1 Å². The largest absolute Gasteiger partial charge is 0.353 e. The van der Waals surface area contributed by atoms with Gasteiger partial charge in [-0.15, -0.1) is 21.5 Å². The van der Waals surface area contributed by atoms with Gasteiger partial charge in [0.15, 0.2) is 11.0 Å². The standard InChI is InChI=1S/C22H28N4OS2/c1-3-4-6-10-17(2)23-20(27)16-29-22-25-24-21(19-13-9-14-28-19)26(22)15-18-11-7-5-8-12-18/h5,7-9,11-14,17H,3-4,6,10,15-16H2,1-2H3,(H,23,27). The monoisotopic (exact) mass is 428 g/mol. The summed E-state index contributed by atoms with van der Waals surface area (Å²) in [5, 5.41) is 14.7. The number of amides is 1. The van der Waals surface area contributed by atoms with Gasteiger partial charge in [0.1, 0.15) is 0 Å². The molecule has 0 aliphatic heterocycles. The number of hydrogen-bond donors (Lipinski definition) is 1. The van der Waals surface area contributed by atoms with Crippen LogP contribution in [0.25, 0.3) is 10.7 Å². The molecule has 29 heavy (non-hydrogen) atoms. The molecule has 0 saturated carbocycles. The quantitative estimate of drug-likeness (QED) is 0.335. The fourth-order valence-electron chi connectivity index (χ4n) is 3.11. The number of thiophene rings is 1. The van der Waals surface area contributed by atoms with E-state index in [1.165, 1.54) is 30.2 Å². The fourth-order valence-corrected chi connectivity index (χ4v) is 4.58. The van der Waals surface area contributed by atoms with Gasteiger partial charge in [0.05, 0.1) is 17.2 Å². The van der Waals surface area contributed by atoms with Crippen LogP contribution in [0.15, 0.2) is 53.0 Å². The van der Waals surface area contributed by atoms with E-state index in [2.05, 4.69) is 52.1 Å². The van der Waals surface area contributed by atoms with Crippen LogP contribution in [0, 0.1) is 0 Å². The number of aromatic nitrogens is 3. The zero-order chi connectivity index (χ0) is 20.5. The summed E-state index contributed by atoms with van der Waals surface area (Å²) in [4.78, 5) is 13.5. The second kappa shape index (κ2) is 11.2. The maximum atomic E-state index is 12.4. The lowest BCUT2D eigenvalue weighted by molar-refractivity contribution is -0.119. The maximum Gasteiger partial charge on any atom is 0.230 e. The van der Waals surface area contributed by atoms with Gasteiger partial charge in [-0.2, -0.15) is 0 Å². The van der Waals surface area contributed by atoms with Crippen LogP contribution in [0.5, 0.6) is 0 Å². The van der Waals surface area contributed by atoms with Gasteiger partial charge in [-0.25, -0.2) is 0 Å². The van der Waals surface area contributed by atoms with Crippen LogP contribution in [0.1, 0.15) is 45.1 Å². The first-order valence-corrected chi connectivity index (χ1v) is 12.0. The molecular formula is C22H28N4OS2. The molecule has 0 aliphatic rings. The van der Waals surface area contributed by atoms with Crippen molar-refractivity contribution in [1.82, 2.24) is 20.1 Å². The molecule has 3 rings (SSSR count). The van der Waals surface area contributed by atoms with Crippen molar-refractivity contribution in [2.45, 2.75) is 57.3 Å². The first-order chi connectivity index (χ1) is 14.2. The summed E-state index contributed by atoms with van der Waals surface area (Å²) in [6.45, 7) is 4.94. The Morgan fingerprint density at radius 2 is 2.00 bits per heavy atom. The van der Waals surface area contributed by atoms with E-state index < -0.39 is 0 Å². The number of thioether (sulfide) groups is 1. The molecule has 1 atom stereocenters. The van der Waals surface area contributed by atoms with E-state index in [0.717, 1.165) is 28.7 Å². The molecule has 0 radical (unpaired) electrons. The van der Waals surface area contributed by atoms with Gasteiger partial charge in [0.2, 0.25) is 5.91 Å². The number of carbonyl (C=O) groups excluding carboxylic acids is 1. The number of rotatable bonds is 11. The van der Waals surface area contributed by atoms with Crippen molar-refractivity contribution < 1.29 is 4.79 Å². The molecule has 2 aromatic heterocycles. The molecule has 154 valence electrons. The minimum atomic E-state index is 0.0472. The van der Waals surface area contributed by atoms with Crippen molar-refractivity contribution in [3.05, 3.63) is 53.4 Å². The number of nitrogens with zero attached hydrogens (tertiary/aromatic N) is 3. The topological polar surface area (TPSA) is 59.8 Å². The zero-order valence-electron chi connectivity index (χ0n) is 17.0. The number of hydrogen-bond acceptors (Lipinski definition) is 5. The van der Waals surface area contributed by atoms with Crippen LogP contribution in [-0.2, 0) is 11.3 Å². The predicted molar refractivity (Wildman–Crippen MR) is 121 cm³/mol. The lowest BCUT2D eigenvalue weighted by Crippen LogP contribution is -2.33. The van der Waals surface area contributed by atoms with Crippen molar-refractivity contribution in [2.75, 3.05) is 5.75 Å². The summed E-state index contributed by atoms with van der Waals surface area (Å²) in [6.07, 6.45) is 4.58. The Hall–Kier alpha value is -2.12. The third kappa shape index (κ3) is 6.44. The van der Waals surface area contributed by atoms with Crippen LogP contribution in [0.4, 0.5) is 0 Å². The Morgan fingerprint density at radius 1 is 1.17 bits per heavy atom. The van der Waals surface area contributed by atoms with Gasteiger partial charge in [-0.05, 0) is 30.4 Å². The Labute approximate surface area is 180 Å². The van der Waals surface area contributed by atoms with Gasteiger partial charge in [0.25, 0.3) is 0 Å². The molecule has 0 saturated heterocycles. The zero-order valence-corrected chi connectivity index (χ0v) is 18.6. The molecule has 1 unspecified atom stereocenters. The molecular weight excluding hydrogens is 400 g/mol. The van der Waals surface area contributed by atoms with E-state index >= 15 is 0 Å². The average molecular weight is 429 g/mol. The molecule has 3 aromatic rings. The second-order valence-electron chi connectivity index (χ2n) is 7.11. The molecule has 0 bridgehead atoms. The summed E-state index contributed by atoms with van der Waals surface area (Å²) in [5.41, 5.74) is 1.18. The number of nitrogens with one attached hydrogen (secondary N) is 1. The van der Waals surface area contributed by atoms with E-state index in [1.54, 1.807) is 11.3 Å². The van der Waals surface area contributed by atoms with Crippen molar-refractivity contribution in [1.29, 1.82) is 0 Å². The molecule has 0 aliphatic carbocycles. The van der Waals surface area contributed by atoms with Crippen molar-refractivity contribution in [3.63, 3.8) is 0 Å². The van der Waals surface area contributed by atoms with Gasteiger partial charge >= 0.3 is 0 Å². The van der Waals surface area contributed by atoms with Gasteiger partial charge in [0, 0.05) is 6.04 Å². The average Bonchev–Trinajstić information content (AvgIpc) is 3.37. The highest BCUT2D eigenvalue weighted by atomic mass is 32.2. The summed E-state index contributed by atoms with van der Waals surface area (Å²) in [6, 6.07) is 14.5. The lowest BCUT2D eigenvalue weighted by Gasteiger charge is -2.14. The minimum Gasteiger partial charge on any atom is -0.353 e. The third-order valence-electron chi connectivity index (χ3n) is 4.62. The highest BCUT2D eigenvalue weighted by Gasteiger charge is 2.17. The van der Waals surface area contributed by atoms with Crippen molar-refractivity contribution in [2.24, 2.45) is 0 Å². The minimum absolute atomic E-state index is 0.0472. The van der Waals surface area contributed by atoms with Crippen LogP contribution in [0.2, 0.25) is 0 Å². The van der Waals surface area contributed by atoms with Gasteiger partial charge in [-0.3, -0.25) is 9.36 Å². The number of benzene rings is 1. The molecule has 7 heteroatoms. The molecule has 5 nitrogen and oxygen atoms in total. The Bertz CT molecular complexity index is 878. The van der Waals surface area contributed by atoms with E-state index in [9.17, 15) is 4.79 Å². The number of unbranched alkanes of at least 4 members (excludes halogenated alkanes) is 2. The van der Waals surface area contributed by atoms with E-state index in [4.69, 9.17) is 0 Å². The van der Waals surface area contributed by atoms with E-state index in [0.29, 0.717) is 12.3 Å². The lowest BCUT2D eigenvalue weighted by atomic mass is 10.1. The van der Waals surface area contributed by atoms with Crippen LogP contribution in [-0.4, -0.2) is 32.5 Å². The summed E-state index contributed by atoms with van der Waals surface area (Å²) in [7, 11) is 0. The normalized spacial score (nSPS) is 12.1. The molecule has 0 spiro atoms. The van der Waals surface area contributed by atoms with Crippen LogP contribution < -0.4 is 5.32 Å².